The summed E-state index contributed by atoms with van der Waals surface area (Å²) in [5, 5.41) is 0. The highest BCUT2D eigenvalue weighted by Crippen LogP contribution is 2.21. The lowest BCUT2D eigenvalue weighted by Gasteiger charge is -2.06. The zero-order valence-electron chi connectivity index (χ0n) is 8.04. The summed E-state index contributed by atoms with van der Waals surface area (Å²) in [6.07, 6.45) is -3.88. The Labute approximate surface area is 87.9 Å². The minimum atomic E-state index is -2.61. The first-order valence-corrected chi connectivity index (χ1v) is 4.53. The van der Waals surface area contributed by atoms with Crippen LogP contribution in [0.2, 0.25) is 0 Å². The average Bonchev–Trinajstić information content (AvgIpc) is 2.20. The van der Waals surface area contributed by atoms with Crippen molar-refractivity contribution < 1.29 is 26.3 Å². The normalized spacial score (nSPS) is 11.2. The minimum Gasteiger partial charge on any atom is -0.211 e. The van der Waals surface area contributed by atoms with Gasteiger partial charge in [-0.25, -0.2) is 26.3 Å². The maximum atomic E-state index is 13.0. The van der Waals surface area contributed by atoms with Crippen LogP contribution < -0.4 is 0 Å². The Bertz CT molecular complexity index is 348. The fourth-order valence-corrected chi connectivity index (χ4v) is 1.28. The van der Waals surface area contributed by atoms with E-state index in [9.17, 15) is 26.3 Å². The van der Waals surface area contributed by atoms with Crippen molar-refractivity contribution in [2.24, 2.45) is 0 Å². The van der Waals surface area contributed by atoms with E-state index in [1.807, 2.05) is 0 Å². The summed E-state index contributed by atoms with van der Waals surface area (Å²) >= 11 is 0. The van der Waals surface area contributed by atoms with Gasteiger partial charge in [0.15, 0.2) is 23.3 Å². The van der Waals surface area contributed by atoms with E-state index in [-0.39, 0.29) is 12.5 Å². The van der Waals surface area contributed by atoms with Crippen LogP contribution in [0.1, 0.15) is 18.4 Å². The van der Waals surface area contributed by atoms with E-state index in [2.05, 4.69) is 0 Å². The topological polar surface area (TPSA) is 0 Å². The number of hydrogen-bond donors (Lipinski definition) is 0. The van der Waals surface area contributed by atoms with Crippen molar-refractivity contribution in [3.05, 3.63) is 34.9 Å². The molecule has 0 amide bonds. The molecule has 0 nitrogen and oxygen atoms in total. The second-order valence-electron chi connectivity index (χ2n) is 3.23. The summed E-state index contributed by atoms with van der Waals surface area (Å²) < 4.78 is 74.9. The molecule has 0 saturated heterocycles. The Morgan fingerprint density at radius 3 is 1.88 bits per heavy atom. The third kappa shape index (κ3) is 2.90. The molecule has 0 N–H and O–H groups in total. The second kappa shape index (κ2) is 5.23. The number of hydrogen-bond acceptors (Lipinski definition) is 0. The quantitative estimate of drug-likeness (QED) is 0.556. The summed E-state index contributed by atoms with van der Waals surface area (Å²) in [4.78, 5) is 0. The summed E-state index contributed by atoms with van der Waals surface area (Å²) in [6.45, 7) is 0. The van der Waals surface area contributed by atoms with Gasteiger partial charge in [-0.2, -0.15) is 0 Å². The van der Waals surface area contributed by atoms with Gasteiger partial charge in [-0.1, -0.05) is 0 Å². The monoisotopic (exact) mass is 242 g/mol. The third-order valence-electron chi connectivity index (χ3n) is 2.05. The van der Waals surface area contributed by atoms with E-state index in [0.29, 0.717) is 0 Å². The molecule has 0 radical (unpaired) electrons. The molecular formula is C10H8F6. The number of alkyl halides is 2. The molecule has 0 fully saturated rings. The standard InChI is InChI=1S/C10H8F6/c11-6-4-7(12)10(16)5(9(6)15)2-1-3-8(13)14/h4,8H,1-3H2. The highest BCUT2D eigenvalue weighted by molar-refractivity contribution is 5.22. The summed E-state index contributed by atoms with van der Waals surface area (Å²) in [6, 6.07) is 0.0846. The highest BCUT2D eigenvalue weighted by Gasteiger charge is 2.18. The van der Waals surface area contributed by atoms with Crippen LogP contribution in [0.5, 0.6) is 0 Å². The van der Waals surface area contributed by atoms with Crippen molar-refractivity contribution in [3.8, 4) is 0 Å². The van der Waals surface area contributed by atoms with Gasteiger partial charge in [-0.05, 0) is 12.8 Å². The van der Waals surface area contributed by atoms with Crippen molar-refractivity contribution in [2.75, 3.05) is 0 Å². The third-order valence-corrected chi connectivity index (χ3v) is 2.05. The van der Waals surface area contributed by atoms with Crippen LogP contribution in [0, 0.1) is 23.3 Å². The lowest BCUT2D eigenvalue weighted by atomic mass is 10.1. The first-order valence-electron chi connectivity index (χ1n) is 4.53. The van der Waals surface area contributed by atoms with Crippen molar-refractivity contribution in [1.29, 1.82) is 0 Å². The summed E-state index contributed by atoms with van der Waals surface area (Å²) in [5.41, 5.74) is -0.821. The summed E-state index contributed by atoms with van der Waals surface area (Å²) in [7, 11) is 0. The van der Waals surface area contributed by atoms with E-state index in [1.54, 1.807) is 0 Å². The fourth-order valence-electron chi connectivity index (χ4n) is 1.28. The first-order chi connectivity index (χ1) is 7.43. The Hall–Kier alpha value is -1.20. The maximum absolute atomic E-state index is 13.0. The van der Waals surface area contributed by atoms with Crippen LogP contribution in [0.25, 0.3) is 0 Å². The molecule has 0 saturated carbocycles. The van der Waals surface area contributed by atoms with Gasteiger partial charge in [0.2, 0.25) is 6.43 Å². The van der Waals surface area contributed by atoms with Gasteiger partial charge in [0, 0.05) is 18.1 Å². The van der Waals surface area contributed by atoms with Crippen LogP contribution in [0.4, 0.5) is 26.3 Å². The van der Waals surface area contributed by atoms with Crippen molar-refractivity contribution in [3.63, 3.8) is 0 Å². The van der Waals surface area contributed by atoms with Crippen LogP contribution in [0.3, 0.4) is 0 Å². The molecule has 0 bridgehead atoms. The van der Waals surface area contributed by atoms with E-state index in [1.165, 1.54) is 0 Å². The maximum Gasteiger partial charge on any atom is 0.238 e. The lowest BCUT2D eigenvalue weighted by Crippen LogP contribution is -2.03. The predicted molar refractivity (Wildman–Crippen MR) is 45.2 cm³/mol. The molecule has 0 aliphatic heterocycles. The fraction of sp³-hybridized carbons (Fsp3) is 0.400. The van der Waals surface area contributed by atoms with Crippen molar-refractivity contribution >= 4 is 0 Å². The first kappa shape index (κ1) is 12.9. The van der Waals surface area contributed by atoms with Gasteiger partial charge in [-0.15, -0.1) is 0 Å². The zero-order chi connectivity index (χ0) is 12.3. The SMILES string of the molecule is Fc1cc(F)c(F)c(CCCC(F)F)c1F. The lowest BCUT2D eigenvalue weighted by molar-refractivity contribution is 0.134. The molecule has 1 rings (SSSR count). The Morgan fingerprint density at radius 1 is 0.938 bits per heavy atom. The van der Waals surface area contributed by atoms with Gasteiger partial charge in [0.1, 0.15) is 0 Å². The second-order valence-corrected chi connectivity index (χ2v) is 3.23. The van der Waals surface area contributed by atoms with E-state index < -0.39 is 48.1 Å². The van der Waals surface area contributed by atoms with Crippen molar-refractivity contribution in [2.45, 2.75) is 25.7 Å². The highest BCUT2D eigenvalue weighted by atomic mass is 19.3. The zero-order valence-corrected chi connectivity index (χ0v) is 8.04. The molecule has 0 unspecified atom stereocenters. The van der Waals surface area contributed by atoms with Crippen molar-refractivity contribution in [1.82, 2.24) is 0 Å². The molecule has 1 aromatic carbocycles. The van der Waals surface area contributed by atoms with Gasteiger partial charge < -0.3 is 0 Å². The predicted octanol–water partition coefficient (Wildman–Crippen LogP) is 3.83. The molecule has 0 aliphatic carbocycles. The number of rotatable bonds is 4. The molecule has 0 atom stereocenters. The van der Waals surface area contributed by atoms with Gasteiger partial charge in [0.05, 0.1) is 0 Å². The molecule has 0 aliphatic rings. The number of benzene rings is 1. The molecule has 1 aromatic rings. The van der Waals surface area contributed by atoms with E-state index >= 15 is 0 Å². The molecule has 0 aromatic heterocycles. The Kier molecular flexibility index (Phi) is 4.20. The Balaban J connectivity index is 2.86. The summed E-state index contributed by atoms with van der Waals surface area (Å²) in [5.74, 6) is -6.08. The molecule has 16 heavy (non-hydrogen) atoms. The van der Waals surface area contributed by atoms with Crippen LogP contribution in [-0.2, 0) is 6.42 Å². The largest absolute Gasteiger partial charge is 0.238 e. The Morgan fingerprint density at radius 2 is 1.44 bits per heavy atom. The molecule has 0 heterocycles. The van der Waals surface area contributed by atoms with E-state index in [4.69, 9.17) is 0 Å². The molecular weight excluding hydrogens is 234 g/mol. The molecule has 90 valence electrons. The van der Waals surface area contributed by atoms with Crippen LogP contribution in [-0.4, -0.2) is 6.43 Å². The molecule has 0 spiro atoms. The minimum absolute atomic E-state index is 0.0846. The van der Waals surface area contributed by atoms with Crippen LogP contribution in [0.15, 0.2) is 6.07 Å². The molecule has 6 heteroatoms. The smallest absolute Gasteiger partial charge is 0.211 e. The van der Waals surface area contributed by atoms with Gasteiger partial charge in [0.25, 0.3) is 0 Å². The van der Waals surface area contributed by atoms with Gasteiger partial charge in [-0.3, -0.25) is 0 Å². The van der Waals surface area contributed by atoms with Crippen LogP contribution >= 0.6 is 0 Å². The van der Waals surface area contributed by atoms with Gasteiger partial charge >= 0.3 is 0 Å². The number of halogens is 6. The van der Waals surface area contributed by atoms with E-state index in [0.717, 1.165) is 0 Å². The average molecular weight is 242 g/mol.